The van der Waals surface area contributed by atoms with E-state index in [1.54, 1.807) is 39.2 Å². The number of hydrogen-bond donors (Lipinski definition) is 0. The van der Waals surface area contributed by atoms with Crippen LogP contribution < -0.4 is 24.5 Å². The zero-order valence-electron chi connectivity index (χ0n) is 23.4. The van der Waals surface area contributed by atoms with Crippen molar-refractivity contribution < 1.29 is 18.9 Å². The van der Waals surface area contributed by atoms with Crippen LogP contribution in [0.4, 0.5) is 0 Å². The normalized spacial score (nSPS) is 11.1. The van der Waals surface area contributed by atoms with Gasteiger partial charge in [-0.15, -0.1) is 0 Å². The minimum absolute atomic E-state index is 0.128. The molecule has 1 heterocycles. The second-order valence-corrected chi connectivity index (χ2v) is 9.42. The molecule has 8 nitrogen and oxygen atoms in total. The van der Waals surface area contributed by atoms with Gasteiger partial charge in [-0.3, -0.25) is 9.69 Å². The average Bonchev–Trinajstić information content (AvgIpc) is 2.97. The van der Waals surface area contributed by atoms with E-state index in [2.05, 4.69) is 40.3 Å². The van der Waals surface area contributed by atoms with Gasteiger partial charge in [0.15, 0.2) is 23.0 Å². The van der Waals surface area contributed by atoms with E-state index in [0.717, 1.165) is 55.1 Å². The third-order valence-electron chi connectivity index (χ3n) is 6.91. The molecule has 0 saturated carbocycles. The summed E-state index contributed by atoms with van der Waals surface area (Å²) >= 11 is 0. The summed E-state index contributed by atoms with van der Waals surface area (Å²) in [6.07, 6.45) is 1.64. The lowest BCUT2D eigenvalue weighted by atomic mass is 10.1. The van der Waals surface area contributed by atoms with Crippen molar-refractivity contribution in [1.82, 2.24) is 14.7 Å². The molecule has 0 aliphatic carbocycles. The second-order valence-electron chi connectivity index (χ2n) is 9.42. The lowest BCUT2D eigenvalue weighted by Crippen LogP contribution is -2.30. The minimum atomic E-state index is -0.128. The molecule has 206 valence electrons. The smallest absolute Gasteiger partial charge is 0.274 e. The lowest BCUT2D eigenvalue weighted by Gasteiger charge is -2.23. The van der Waals surface area contributed by atoms with Crippen molar-refractivity contribution in [3.8, 4) is 23.0 Å². The summed E-state index contributed by atoms with van der Waals surface area (Å²) in [6, 6.07) is 20.1. The van der Waals surface area contributed by atoms with Gasteiger partial charge in [0.05, 0.1) is 39.5 Å². The SMILES string of the molecule is COc1ccc(CCN(CCCn2nc(C)c3cc(OC)c(OC)cc3c2=O)Cc2ccccc2)cc1OC. The third-order valence-corrected chi connectivity index (χ3v) is 6.91. The number of ether oxygens (including phenoxy) is 4. The highest BCUT2D eigenvalue weighted by Gasteiger charge is 2.14. The van der Waals surface area contributed by atoms with Crippen molar-refractivity contribution >= 4 is 10.8 Å². The molecule has 4 aromatic rings. The first-order chi connectivity index (χ1) is 19.0. The molecule has 0 aliphatic heterocycles. The fourth-order valence-corrected chi connectivity index (χ4v) is 4.81. The van der Waals surface area contributed by atoms with Crippen molar-refractivity contribution in [3.63, 3.8) is 0 Å². The Balaban J connectivity index is 1.49. The highest BCUT2D eigenvalue weighted by Crippen LogP contribution is 2.31. The maximum Gasteiger partial charge on any atom is 0.274 e. The van der Waals surface area contributed by atoms with Crippen LogP contribution in [0.5, 0.6) is 23.0 Å². The molecule has 0 unspecified atom stereocenters. The van der Waals surface area contributed by atoms with E-state index in [-0.39, 0.29) is 5.56 Å². The summed E-state index contributed by atoms with van der Waals surface area (Å²) in [5.74, 6) is 2.57. The van der Waals surface area contributed by atoms with Crippen LogP contribution in [0, 0.1) is 6.92 Å². The predicted molar refractivity (Wildman–Crippen MR) is 153 cm³/mol. The summed E-state index contributed by atoms with van der Waals surface area (Å²) in [5, 5.41) is 5.96. The van der Waals surface area contributed by atoms with E-state index < -0.39 is 0 Å². The summed E-state index contributed by atoms with van der Waals surface area (Å²) in [7, 11) is 6.45. The van der Waals surface area contributed by atoms with Crippen LogP contribution >= 0.6 is 0 Å². The summed E-state index contributed by atoms with van der Waals surface area (Å²) in [4.78, 5) is 15.7. The van der Waals surface area contributed by atoms with E-state index in [4.69, 9.17) is 18.9 Å². The monoisotopic (exact) mass is 531 g/mol. The lowest BCUT2D eigenvalue weighted by molar-refractivity contribution is 0.257. The summed E-state index contributed by atoms with van der Waals surface area (Å²) in [6.45, 7) is 4.94. The molecule has 0 fully saturated rings. The number of methoxy groups -OCH3 is 4. The van der Waals surface area contributed by atoms with Crippen molar-refractivity contribution in [2.75, 3.05) is 41.5 Å². The van der Waals surface area contributed by atoms with Crippen LogP contribution in [0.3, 0.4) is 0 Å². The van der Waals surface area contributed by atoms with Crippen molar-refractivity contribution in [1.29, 1.82) is 0 Å². The first-order valence-electron chi connectivity index (χ1n) is 13.1. The van der Waals surface area contributed by atoms with Crippen LogP contribution in [0.1, 0.15) is 23.2 Å². The van der Waals surface area contributed by atoms with Gasteiger partial charge in [0.1, 0.15) is 0 Å². The van der Waals surface area contributed by atoms with Gasteiger partial charge in [0.2, 0.25) is 0 Å². The molecule has 0 bridgehead atoms. The Kier molecular flexibility index (Phi) is 9.44. The van der Waals surface area contributed by atoms with Crippen LogP contribution in [-0.2, 0) is 19.5 Å². The summed E-state index contributed by atoms with van der Waals surface area (Å²) in [5.41, 5.74) is 3.08. The molecule has 0 radical (unpaired) electrons. The van der Waals surface area contributed by atoms with Gasteiger partial charge in [-0.25, -0.2) is 4.68 Å². The van der Waals surface area contributed by atoms with Crippen LogP contribution in [0.25, 0.3) is 10.8 Å². The Labute approximate surface area is 229 Å². The van der Waals surface area contributed by atoms with Crippen molar-refractivity contribution in [3.05, 3.63) is 87.8 Å². The Hall–Kier alpha value is -4.04. The molecule has 0 spiro atoms. The van der Waals surface area contributed by atoms with E-state index >= 15 is 0 Å². The van der Waals surface area contributed by atoms with Crippen molar-refractivity contribution in [2.45, 2.75) is 32.9 Å². The molecule has 3 aromatic carbocycles. The molecule has 8 heteroatoms. The van der Waals surface area contributed by atoms with Gasteiger partial charge < -0.3 is 18.9 Å². The molecular formula is C31H37N3O5. The van der Waals surface area contributed by atoms with Crippen LogP contribution in [-0.4, -0.2) is 56.2 Å². The van der Waals surface area contributed by atoms with E-state index in [1.165, 1.54) is 11.1 Å². The van der Waals surface area contributed by atoms with Gasteiger partial charge in [0, 0.05) is 31.6 Å². The van der Waals surface area contributed by atoms with Gasteiger partial charge >= 0.3 is 0 Å². The highest BCUT2D eigenvalue weighted by atomic mass is 16.5. The van der Waals surface area contributed by atoms with Gasteiger partial charge in [-0.05, 0) is 55.2 Å². The van der Waals surface area contributed by atoms with Crippen LogP contribution in [0.15, 0.2) is 65.5 Å². The summed E-state index contributed by atoms with van der Waals surface area (Å²) < 4.78 is 23.3. The second kappa shape index (κ2) is 13.2. The molecule has 1 aromatic heterocycles. The first kappa shape index (κ1) is 28.0. The third kappa shape index (κ3) is 6.70. The molecule has 4 rings (SSSR count). The largest absolute Gasteiger partial charge is 0.493 e. The zero-order valence-corrected chi connectivity index (χ0v) is 23.4. The molecule has 39 heavy (non-hydrogen) atoms. The molecule has 0 N–H and O–H groups in total. The first-order valence-corrected chi connectivity index (χ1v) is 13.1. The number of benzene rings is 3. The van der Waals surface area contributed by atoms with E-state index in [9.17, 15) is 4.79 Å². The molecule has 0 amide bonds. The number of nitrogens with zero attached hydrogens (tertiary/aromatic N) is 3. The van der Waals surface area contributed by atoms with Crippen LogP contribution in [0.2, 0.25) is 0 Å². The number of hydrogen-bond acceptors (Lipinski definition) is 7. The average molecular weight is 532 g/mol. The Morgan fingerprint density at radius 2 is 1.38 bits per heavy atom. The topological polar surface area (TPSA) is 75.0 Å². The number of rotatable bonds is 13. The number of aromatic nitrogens is 2. The Morgan fingerprint density at radius 3 is 2.05 bits per heavy atom. The van der Waals surface area contributed by atoms with Gasteiger partial charge in [-0.2, -0.15) is 5.10 Å². The molecule has 0 aliphatic rings. The Morgan fingerprint density at radius 1 is 0.744 bits per heavy atom. The van der Waals surface area contributed by atoms with E-state index in [1.807, 2.05) is 31.2 Å². The molecule has 0 atom stereocenters. The Bertz CT molecular complexity index is 1450. The van der Waals surface area contributed by atoms with Crippen molar-refractivity contribution in [2.24, 2.45) is 0 Å². The number of aryl methyl sites for hydroxylation is 2. The minimum Gasteiger partial charge on any atom is -0.493 e. The van der Waals surface area contributed by atoms with Gasteiger partial charge in [-0.1, -0.05) is 36.4 Å². The number of fused-ring (bicyclic) bond motifs is 1. The zero-order chi connectivity index (χ0) is 27.8. The fraction of sp³-hybridized carbons (Fsp3) is 0.355. The maximum absolute atomic E-state index is 13.3. The van der Waals surface area contributed by atoms with Gasteiger partial charge in [0.25, 0.3) is 5.56 Å². The fourth-order valence-electron chi connectivity index (χ4n) is 4.81. The van der Waals surface area contributed by atoms with E-state index in [0.29, 0.717) is 23.4 Å². The standard InChI is InChI=1S/C31H37N3O5/c1-22-25-19-29(38-4)30(39-5)20-26(25)31(35)34(32-22)16-9-15-33(21-24-10-7-6-8-11-24)17-14-23-12-13-27(36-2)28(18-23)37-3/h6-8,10-13,18-20H,9,14-17,21H2,1-5H3. The predicted octanol–water partition coefficient (Wildman–Crippen LogP) is 4.87. The molecular weight excluding hydrogens is 494 g/mol. The molecule has 0 saturated heterocycles. The maximum atomic E-state index is 13.3. The highest BCUT2D eigenvalue weighted by molar-refractivity contribution is 5.87. The quantitative estimate of drug-likeness (QED) is 0.244.